The van der Waals surface area contributed by atoms with Crippen LogP contribution >= 0.6 is 0 Å². The van der Waals surface area contributed by atoms with E-state index in [1.807, 2.05) is 0 Å². The van der Waals surface area contributed by atoms with E-state index in [1.54, 1.807) is 45.0 Å². The Morgan fingerprint density at radius 3 is 2.48 bits per heavy atom. The SMILES string of the molecule is CC(C)(C)OC(=O)N1Cc2ccccc2C(NC(=O)C2C=CC(C(F)(F)F)=NC2=O)C1. The number of carbonyl (C=O) groups is 3. The first-order chi connectivity index (χ1) is 14.3. The monoisotopic (exact) mass is 437 g/mol. The number of rotatable bonds is 2. The van der Waals surface area contributed by atoms with E-state index in [0.717, 1.165) is 17.2 Å². The molecule has 1 aromatic rings. The Kier molecular flexibility index (Phi) is 5.93. The first-order valence-corrected chi connectivity index (χ1v) is 9.59. The zero-order valence-electron chi connectivity index (χ0n) is 17.2. The summed E-state index contributed by atoms with van der Waals surface area (Å²) in [6.45, 7) is 5.56. The van der Waals surface area contributed by atoms with E-state index in [-0.39, 0.29) is 13.1 Å². The molecule has 0 bridgehead atoms. The minimum Gasteiger partial charge on any atom is -0.444 e. The van der Waals surface area contributed by atoms with Crippen LogP contribution in [0.15, 0.2) is 41.4 Å². The molecule has 3 amide bonds. The summed E-state index contributed by atoms with van der Waals surface area (Å²) < 4.78 is 43.6. The molecule has 2 aliphatic rings. The van der Waals surface area contributed by atoms with Crippen molar-refractivity contribution in [1.29, 1.82) is 0 Å². The van der Waals surface area contributed by atoms with Gasteiger partial charge in [0.1, 0.15) is 17.2 Å². The van der Waals surface area contributed by atoms with Crippen LogP contribution in [-0.2, 0) is 20.9 Å². The molecule has 1 N–H and O–H groups in total. The molecule has 166 valence electrons. The smallest absolute Gasteiger partial charge is 0.433 e. The zero-order chi connectivity index (χ0) is 23.0. The number of hydrogen-bond acceptors (Lipinski definition) is 4. The fraction of sp³-hybridized carbons (Fsp3) is 0.429. The lowest BCUT2D eigenvalue weighted by Crippen LogP contribution is -2.47. The third-order valence-corrected chi connectivity index (χ3v) is 4.68. The van der Waals surface area contributed by atoms with E-state index in [9.17, 15) is 27.6 Å². The number of benzene rings is 1. The van der Waals surface area contributed by atoms with Crippen molar-refractivity contribution in [2.24, 2.45) is 10.9 Å². The molecule has 2 unspecified atom stereocenters. The fourth-order valence-corrected chi connectivity index (χ4v) is 3.31. The van der Waals surface area contributed by atoms with Crippen LogP contribution in [0.5, 0.6) is 0 Å². The standard InChI is InChI=1S/C21H22F3N3O4/c1-20(2,3)31-19(30)27-10-12-6-4-5-7-13(12)15(11-27)25-17(28)14-8-9-16(21(22,23)24)26-18(14)29/h4-9,14-15H,10-11H2,1-3H3,(H,25,28). The molecule has 3 rings (SSSR count). The minimum absolute atomic E-state index is 0.0827. The topological polar surface area (TPSA) is 88.1 Å². The first-order valence-electron chi connectivity index (χ1n) is 9.59. The van der Waals surface area contributed by atoms with E-state index in [2.05, 4.69) is 10.3 Å². The van der Waals surface area contributed by atoms with E-state index in [0.29, 0.717) is 6.08 Å². The first kappa shape index (κ1) is 22.5. The summed E-state index contributed by atoms with van der Waals surface area (Å²) >= 11 is 0. The number of nitrogens with zero attached hydrogens (tertiary/aromatic N) is 2. The van der Waals surface area contributed by atoms with Crippen LogP contribution in [0.2, 0.25) is 0 Å². The number of nitrogens with one attached hydrogen (secondary N) is 1. The Morgan fingerprint density at radius 2 is 1.87 bits per heavy atom. The van der Waals surface area contributed by atoms with Crippen molar-refractivity contribution in [3.05, 3.63) is 47.5 Å². The van der Waals surface area contributed by atoms with Crippen LogP contribution in [0.25, 0.3) is 0 Å². The summed E-state index contributed by atoms with van der Waals surface area (Å²) in [5, 5.41) is 2.67. The number of dihydropyridines is 1. The largest absolute Gasteiger partial charge is 0.444 e. The molecule has 1 aromatic carbocycles. The highest BCUT2D eigenvalue weighted by Gasteiger charge is 2.40. The molecule has 10 heteroatoms. The lowest BCUT2D eigenvalue weighted by molar-refractivity contribution is -0.132. The van der Waals surface area contributed by atoms with Gasteiger partial charge in [0.05, 0.1) is 6.04 Å². The van der Waals surface area contributed by atoms with Gasteiger partial charge in [0.15, 0.2) is 0 Å². The van der Waals surface area contributed by atoms with Gasteiger partial charge < -0.3 is 15.0 Å². The second kappa shape index (κ2) is 8.16. The van der Waals surface area contributed by atoms with Crippen LogP contribution in [0, 0.1) is 5.92 Å². The number of aliphatic imine (C=N–C) groups is 1. The van der Waals surface area contributed by atoms with Crippen LogP contribution in [-0.4, -0.2) is 46.8 Å². The molecule has 0 aliphatic carbocycles. The van der Waals surface area contributed by atoms with E-state index < -0.39 is 47.4 Å². The van der Waals surface area contributed by atoms with Crippen LogP contribution < -0.4 is 5.32 Å². The molecule has 0 fully saturated rings. The van der Waals surface area contributed by atoms with Crippen LogP contribution in [0.1, 0.15) is 37.9 Å². The highest BCUT2D eigenvalue weighted by atomic mass is 19.4. The van der Waals surface area contributed by atoms with Crippen molar-refractivity contribution in [2.75, 3.05) is 6.54 Å². The maximum atomic E-state index is 12.7. The maximum absolute atomic E-state index is 12.7. The molecule has 2 atom stereocenters. The van der Waals surface area contributed by atoms with Gasteiger partial charge in [-0.05, 0) is 38.0 Å². The predicted molar refractivity (Wildman–Crippen MR) is 105 cm³/mol. The van der Waals surface area contributed by atoms with Crippen molar-refractivity contribution < 1.29 is 32.3 Å². The zero-order valence-corrected chi connectivity index (χ0v) is 17.2. The number of halogens is 3. The molecule has 0 spiro atoms. The molecular formula is C21H22F3N3O4. The Bertz CT molecular complexity index is 963. The summed E-state index contributed by atoms with van der Waals surface area (Å²) in [5.74, 6) is -3.47. The highest BCUT2D eigenvalue weighted by Crippen LogP contribution is 2.29. The summed E-state index contributed by atoms with van der Waals surface area (Å²) in [6, 6.07) is 6.48. The summed E-state index contributed by atoms with van der Waals surface area (Å²) in [5.41, 5.74) is -0.517. The summed E-state index contributed by atoms with van der Waals surface area (Å²) in [7, 11) is 0. The van der Waals surface area contributed by atoms with Crippen molar-refractivity contribution >= 4 is 23.6 Å². The molecule has 0 saturated carbocycles. The average molecular weight is 437 g/mol. The number of alkyl halides is 3. The lowest BCUT2D eigenvalue weighted by atomic mass is 9.94. The summed E-state index contributed by atoms with van der Waals surface area (Å²) in [4.78, 5) is 41.7. The number of hydrogen-bond donors (Lipinski definition) is 1. The third-order valence-electron chi connectivity index (χ3n) is 4.68. The molecule has 0 saturated heterocycles. The van der Waals surface area contributed by atoms with Crippen molar-refractivity contribution in [2.45, 2.75) is 45.1 Å². The van der Waals surface area contributed by atoms with E-state index in [4.69, 9.17) is 4.74 Å². The Balaban J connectivity index is 1.78. The Labute approximate surface area is 177 Å². The normalized spacial score (nSPS) is 21.3. The van der Waals surface area contributed by atoms with Gasteiger partial charge in [-0.3, -0.25) is 9.59 Å². The molecule has 0 aromatic heterocycles. The van der Waals surface area contributed by atoms with E-state index in [1.165, 1.54) is 4.90 Å². The minimum atomic E-state index is -4.77. The molecule has 2 heterocycles. The predicted octanol–water partition coefficient (Wildman–Crippen LogP) is 3.31. The number of fused-ring (bicyclic) bond motifs is 1. The number of ether oxygens (including phenoxy) is 1. The van der Waals surface area contributed by atoms with E-state index >= 15 is 0 Å². The van der Waals surface area contributed by atoms with Gasteiger partial charge in [0.25, 0.3) is 5.91 Å². The quantitative estimate of drug-likeness (QED) is 0.719. The number of allylic oxidation sites excluding steroid dienone is 1. The number of carbonyl (C=O) groups excluding carboxylic acids is 3. The summed E-state index contributed by atoms with van der Waals surface area (Å²) in [6.07, 6.45) is -3.83. The van der Waals surface area contributed by atoms with Gasteiger partial charge in [-0.25, -0.2) is 9.79 Å². The van der Waals surface area contributed by atoms with Crippen LogP contribution in [0.4, 0.5) is 18.0 Å². The average Bonchev–Trinajstić information content (AvgIpc) is 2.65. The van der Waals surface area contributed by atoms with Crippen molar-refractivity contribution in [1.82, 2.24) is 10.2 Å². The third kappa shape index (κ3) is 5.31. The number of amides is 3. The fourth-order valence-electron chi connectivity index (χ4n) is 3.31. The van der Waals surface area contributed by atoms with Gasteiger partial charge in [-0.2, -0.15) is 13.2 Å². The molecule has 2 aliphatic heterocycles. The van der Waals surface area contributed by atoms with Gasteiger partial charge in [-0.15, -0.1) is 0 Å². The van der Waals surface area contributed by atoms with Crippen molar-refractivity contribution in [3.8, 4) is 0 Å². The maximum Gasteiger partial charge on any atom is 0.433 e. The molecule has 7 nitrogen and oxygen atoms in total. The van der Waals surface area contributed by atoms with Gasteiger partial charge in [-0.1, -0.05) is 30.3 Å². The highest BCUT2D eigenvalue weighted by molar-refractivity contribution is 6.14. The lowest BCUT2D eigenvalue weighted by Gasteiger charge is -2.36. The second-order valence-corrected chi connectivity index (χ2v) is 8.29. The second-order valence-electron chi connectivity index (χ2n) is 8.29. The molecular weight excluding hydrogens is 415 g/mol. The van der Waals surface area contributed by atoms with Gasteiger partial charge in [0, 0.05) is 13.1 Å². The Morgan fingerprint density at radius 1 is 1.19 bits per heavy atom. The van der Waals surface area contributed by atoms with Crippen LogP contribution in [0.3, 0.4) is 0 Å². The van der Waals surface area contributed by atoms with Crippen molar-refractivity contribution in [3.63, 3.8) is 0 Å². The Hall–Kier alpha value is -3.17. The molecule has 31 heavy (non-hydrogen) atoms. The van der Waals surface area contributed by atoms with Gasteiger partial charge in [0.2, 0.25) is 5.91 Å². The molecule has 0 radical (unpaired) electrons. The van der Waals surface area contributed by atoms with Gasteiger partial charge >= 0.3 is 12.3 Å².